The lowest BCUT2D eigenvalue weighted by Gasteiger charge is -2.52. The Bertz CT molecular complexity index is 1230. The van der Waals surface area contributed by atoms with Crippen molar-refractivity contribution < 1.29 is 19.1 Å². The molecule has 1 saturated heterocycles. The van der Waals surface area contributed by atoms with Crippen molar-refractivity contribution in [3.63, 3.8) is 0 Å². The summed E-state index contributed by atoms with van der Waals surface area (Å²) in [7, 11) is 3.10. The van der Waals surface area contributed by atoms with Crippen molar-refractivity contribution in [2.24, 2.45) is 11.1 Å². The molecule has 5 N–H and O–H groups in total. The van der Waals surface area contributed by atoms with E-state index in [0.717, 1.165) is 38.8 Å². The summed E-state index contributed by atoms with van der Waals surface area (Å²) in [6.45, 7) is 5.05. The highest BCUT2D eigenvalue weighted by Gasteiger charge is 2.46. The predicted molar refractivity (Wildman–Crippen MR) is 136 cm³/mol. The molecule has 2 aromatic rings. The first-order valence-electron chi connectivity index (χ1n) is 11.7. The van der Waals surface area contributed by atoms with Crippen LogP contribution in [0.2, 0.25) is 0 Å². The third-order valence-corrected chi connectivity index (χ3v) is 6.86. The molecule has 4 rings (SSSR count). The fraction of sp³-hybridized carbons (Fsp3) is 0.385. The van der Waals surface area contributed by atoms with Gasteiger partial charge in [0.05, 0.1) is 14.2 Å². The molecule has 2 amide bonds. The van der Waals surface area contributed by atoms with Crippen LogP contribution in [0.25, 0.3) is 0 Å². The van der Waals surface area contributed by atoms with Crippen molar-refractivity contribution in [2.45, 2.75) is 31.7 Å². The van der Waals surface area contributed by atoms with Gasteiger partial charge in [-0.1, -0.05) is 12.5 Å². The number of hydrogen-bond donors (Lipinski definition) is 3. The van der Waals surface area contributed by atoms with E-state index in [1.165, 1.54) is 6.08 Å². The maximum atomic E-state index is 12.1. The van der Waals surface area contributed by atoms with Gasteiger partial charge in [0.1, 0.15) is 28.6 Å². The Labute approximate surface area is 210 Å². The molecule has 1 aromatic carbocycles. The van der Waals surface area contributed by atoms with Crippen LogP contribution in [0.15, 0.2) is 30.9 Å². The second-order valence-electron chi connectivity index (χ2n) is 9.15. The molecule has 36 heavy (non-hydrogen) atoms. The Kier molecular flexibility index (Phi) is 7.01. The molecule has 1 saturated carbocycles. The lowest BCUT2D eigenvalue weighted by Crippen LogP contribution is -2.52. The number of hydrogen-bond acceptors (Lipinski definition) is 8. The number of benzene rings is 1. The number of nitrogens with one attached hydrogen (secondary N) is 1. The van der Waals surface area contributed by atoms with E-state index >= 15 is 0 Å². The van der Waals surface area contributed by atoms with Crippen LogP contribution >= 0.6 is 0 Å². The van der Waals surface area contributed by atoms with Crippen LogP contribution < -0.4 is 26.3 Å². The first-order chi connectivity index (χ1) is 17.3. The van der Waals surface area contributed by atoms with Crippen LogP contribution in [-0.2, 0) is 4.79 Å². The summed E-state index contributed by atoms with van der Waals surface area (Å²) >= 11 is 0. The van der Waals surface area contributed by atoms with Crippen molar-refractivity contribution in [2.75, 3.05) is 38.4 Å². The minimum absolute atomic E-state index is 0.0155. The number of carbonyl (C=O) groups excluding carboxylic acids is 2. The number of carbonyl (C=O) groups is 2. The van der Waals surface area contributed by atoms with Gasteiger partial charge in [-0.05, 0) is 55.2 Å². The molecule has 1 aliphatic carbocycles. The van der Waals surface area contributed by atoms with Gasteiger partial charge in [-0.2, -0.15) is 4.98 Å². The van der Waals surface area contributed by atoms with Crippen molar-refractivity contribution in [1.82, 2.24) is 14.9 Å². The number of nitrogen functional groups attached to an aromatic ring is 1. The van der Waals surface area contributed by atoms with E-state index in [1.807, 2.05) is 4.90 Å². The van der Waals surface area contributed by atoms with E-state index in [-0.39, 0.29) is 34.4 Å². The molecule has 0 radical (unpaired) electrons. The number of nitrogens with zero attached hydrogens (tertiary/aromatic N) is 3. The van der Waals surface area contributed by atoms with Gasteiger partial charge in [-0.15, -0.1) is 0 Å². The summed E-state index contributed by atoms with van der Waals surface area (Å²) in [6, 6.07) is 5.38. The number of nitrogens with two attached hydrogens (primary N) is 2. The zero-order chi connectivity index (χ0) is 25.9. The van der Waals surface area contributed by atoms with E-state index in [9.17, 15) is 9.59 Å². The molecular weight excluding hydrogens is 460 g/mol. The lowest BCUT2D eigenvalue weighted by molar-refractivity contribution is -0.129. The highest BCUT2D eigenvalue weighted by Crippen LogP contribution is 2.49. The van der Waals surface area contributed by atoms with Crippen molar-refractivity contribution in [1.29, 1.82) is 0 Å². The first-order valence-corrected chi connectivity index (χ1v) is 11.7. The number of primary amides is 1. The minimum Gasteiger partial charge on any atom is -0.497 e. The van der Waals surface area contributed by atoms with E-state index in [0.29, 0.717) is 23.0 Å². The molecular formula is C26H30N6O4. The van der Waals surface area contributed by atoms with Gasteiger partial charge in [-0.25, -0.2) is 4.98 Å². The van der Waals surface area contributed by atoms with Gasteiger partial charge in [-0.3, -0.25) is 9.59 Å². The number of methoxy groups -OCH3 is 2. The standard InChI is InChI=1S/C26H30N6O4/c1-4-21(33)32-9-7-26(8-10-32)14-17(15-26)29-25-30-20(22(24(28)34)23(27)31-25)6-5-16-11-18(35-2)13-19(12-16)36-3/h4,11-13,17H,1,7-10,14-15H2,2-3H3,(H2,28,34)(H3,27,29,30,31). The van der Waals surface area contributed by atoms with Crippen LogP contribution in [0.5, 0.6) is 11.5 Å². The summed E-state index contributed by atoms with van der Waals surface area (Å²) in [4.78, 5) is 34.4. The maximum Gasteiger partial charge on any atom is 0.255 e. The van der Waals surface area contributed by atoms with E-state index in [4.69, 9.17) is 20.9 Å². The molecule has 0 bridgehead atoms. The maximum absolute atomic E-state index is 12.1. The Hall–Kier alpha value is -4.26. The van der Waals surface area contributed by atoms with Gasteiger partial charge >= 0.3 is 0 Å². The molecule has 0 unspecified atom stereocenters. The Morgan fingerprint density at radius 2 is 1.78 bits per heavy atom. The van der Waals surface area contributed by atoms with Crippen LogP contribution in [-0.4, -0.2) is 60.0 Å². The van der Waals surface area contributed by atoms with Crippen LogP contribution in [0.3, 0.4) is 0 Å². The molecule has 2 aliphatic rings. The molecule has 188 valence electrons. The monoisotopic (exact) mass is 490 g/mol. The molecule has 0 atom stereocenters. The second-order valence-corrected chi connectivity index (χ2v) is 9.15. The lowest BCUT2D eigenvalue weighted by atomic mass is 9.60. The summed E-state index contributed by atoms with van der Waals surface area (Å²) in [5.41, 5.74) is 12.5. The molecule has 2 heterocycles. The second kappa shape index (κ2) is 10.2. The molecule has 1 spiro atoms. The molecule has 2 fully saturated rings. The molecule has 10 heteroatoms. The summed E-state index contributed by atoms with van der Waals surface area (Å²) < 4.78 is 10.6. The number of likely N-dealkylation sites (tertiary alicyclic amines) is 1. The first kappa shape index (κ1) is 24.9. The van der Waals surface area contributed by atoms with Crippen molar-refractivity contribution in [3.05, 3.63) is 47.7 Å². The Balaban J connectivity index is 1.50. The number of amides is 2. The fourth-order valence-corrected chi connectivity index (χ4v) is 4.90. The number of anilines is 2. The Morgan fingerprint density at radius 1 is 1.14 bits per heavy atom. The summed E-state index contributed by atoms with van der Waals surface area (Å²) in [5.74, 6) is 6.54. The van der Waals surface area contributed by atoms with Gasteiger partial charge in [0.25, 0.3) is 5.91 Å². The van der Waals surface area contributed by atoms with Crippen molar-refractivity contribution in [3.8, 4) is 23.3 Å². The fourth-order valence-electron chi connectivity index (χ4n) is 4.90. The third-order valence-electron chi connectivity index (χ3n) is 6.86. The Morgan fingerprint density at radius 3 is 2.33 bits per heavy atom. The van der Waals surface area contributed by atoms with E-state index in [2.05, 4.69) is 33.7 Å². The van der Waals surface area contributed by atoms with Crippen LogP contribution in [0.1, 0.15) is 47.3 Å². The molecule has 1 aliphatic heterocycles. The summed E-state index contributed by atoms with van der Waals surface area (Å²) in [6.07, 6.45) is 5.15. The van der Waals surface area contributed by atoms with Gasteiger partial charge in [0.15, 0.2) is 0 Å². The van der Waals surface area contributed by atoms with Gasteiger partial charge in [0.2, 0.25) is 11.9 Å². The molecule has 10 nitrogen and oxygen atoms in total. The number of ether oxygens (including phenoxy) is 2. The largest absolute Gasteiger partial charge is 0.497 e. The van der Waals surface area contributed by atoms with Crippen LogP contribution in [0, 0.1) is 17.3 Å². The zero-order valence-corrected chi connectivity index (χ0v) is 20.5. The highest BCUT2D eigenvalue weighted by atomic mass is 16.5. The normalized spacial score (nSPS) is 16.3. The molecule has 1 aromatic heterocycles. The van der Waals surface area contributed by atoms with E-state index in [1.54, 1.807) is 32.4 Å². The highest BCUT2D eigenvalue weighted by molar-refractivity contribution is 5.99. The number of aromatic nitrogens is 2. The summed E-state index contributed by atoms with van der Waals surface area (Å²) in [5, 5.41) is 3.32. The van der Waals surface area contributed by atoms with Gasteiger partial charge in [0, 0.05) is 30.8 Å². The average Bonchev–Trinajstić information content (AvgIpc) is 2.85. The topological polar surface area (TPSA) is 146 Å². The number of rotatable bonds is 6. The quantitative estimate of drug-likeness (QED) is 0.411. The average molecular weight is 491 g/mol. The van der Waals surface area contributed by atoms with E-state index < -0.39 is 5.91 Å². The third kappa shape index (κ3) is 5.20. The zero-order valence-electron chi connectivity index (χ0n) is 20.5. The predicted octanol–water partition coefficient (Wildman–Crippen LogP) is 1.94. The van der Waals surface area contributed by atoms with Crippen LogP contribution in [0.4, 0.5) is 11.8 Å². The van der Waals surface area contributed by atoms with Crippen molar-refractivity contribution >= 4 is 23.6 Å². The minimum atomic E-state index is -0.755. The number of piperidine rings is 1. The smallest absolute Gasteiger partial charge is 0.255 e. The van der Waals surface area contributed by atoms with Gasteiger partial charge < -0.3 is 31.2 Å². The SMILES string of the molecule is C=CC(=O)N1CCC2(CC1)CC(Nc1nc(N)c(C(N)=O)c(C#Cc3cc(OC)cc(OC)c3)n1)C2.